The molecule has 5 aliphatic carbocycles. The SMILES string of the molecule is CCN1C[C@]2(COC(=O)c3ccccc3N3C(=O)CC(C)C3=O)CCC(OC)C34C1C(O)(C(OC)[C@H]32)[C@@]1(O)CC(OC)[C@H]2C[C@H]4[C@H]1C2OC. The van der Waals surface area contributed by atoms with E-state index in [-0.39, 0.29) is 84.5 Å². The van der Waals surface area contributed by atoms with E-state index in [0.29, 0.717) is 25.9 Å². The van der Waals surface area contributed by atoms with E-state index in [1.807, 2.05) is 0 Å². The van der Waals surface area contributed by atoms with Gasteiger partial charge in [-0.05, 0) is 43.9 Å². The molecule has 2 N–H and O–H groups in total. The van der Waals surface area contributed by atoms with Gasteiger partial charge in [0.05, 0.1) is 48.3 Å². The number of esters is 1. The van der Waals surface area contributed by atoms with E-state index in [4.69, 9.17) is 23.7 Å². The van der Waals surface area contributed by atoms with E-state index < -0.39 is 46.1 Å². The van der Waals surface area contributed by atoms with E-state index in [9.17, 15) is 24.6 Å². The lowest BCUT2D eigenvalue weighted by Crippen LogP contribution is -2.82. The molecule has 8 rings (SSSR count). The van der Waals surface area contributed by atoms with Crippen molar-refractivity contribution in [2.45, 2.75) is 87.6 Å². The first-order valence-electron chi connectivity index (χ1n) is 17.9. The molecule has 0 aromatic heterocycles. The monoisotopic (exact) mass is 682 g/mol. The first-order valence-corrected chi connectivity index (χ1v) is 17.9. The number of anilines is 1. The summed E-state index contributed by atoms with van der Waals surface area (Å²) >= 11 is 0. The highest BCUT2D eigenvalue weighted by Crippen LogP contribution is 2.80. The van der Waals surface area contributed by atoms with Crippen LogP contribution in [0.3, 0.4) is 0 Å². The van der Waals surface area contributed by atoms with E-state index >= 15 is 0 Å². The number of benzene rings is 1. The average Bonchev–Trinajstić information content (AvgIpc) is 3.63. The van der Waals surface area contributed by atoms with Crippen molar-refractivity contribution in [1.82, 2.24) is 4.90 Å². The predicted octanol–water partition coefficient (Wildman–Crippen LogP) is 2.04. The highest BCUT2D eigenvalue weighted by molar-refractivity contribution is 6.22. The summed E-state index contributed by atoms with van der Waals surface area (Å²) in [5, 5.41) is 26.6. The molecule has 2 saturated heterocycles. The first-order chi connectivity index (χ1) is 23.4. The fourth-order valence-electron chi connectivity index (χ4n) is 13.2. The Hall–Kier alpha value is -2.45. The van der Waals surface area contributed by atoms with Crippen molar-refractivity contribution in [1.29, 1.82) is 0 Å². The van der Waals surface area contributed by atoms with Gasteiger partial charge in [-0.15, -0.1) is 0 Å². The number of carbonyl (C=O) groups excluding carboxylic acids is 3. The van der Waals surface area contributed by atoms with Crippen molar-refractivity contribution < 1.29 is 48.3 Å². The average molecular weight is 683 g/mol. The predicted molar refractivity (Wildman–Crippen MR) is 174 cm³/mol. The Labute approximate surface area is 287 Å². The molecule has 12 nitrogen and oxygen atoms in total. The second-order valence-electron chi connectivity index (χ2n) is 16.0. The Bertz CT molecular complexity index is 1560. The molecular weight excluding hydrogens is 632 g/mol. The number of piperidine rings is 1. The van der Waals surface area contributed by atoms with Crippen molar-refractivity contribution in [3.63, 3.8) is 0 Å². The van der Waals surface area contributed by atoms with Gasteiger partial charge in [0.2, 0.25) is 11.8 Å². The van der Waals surface area contributed by atoms with Gasteiger partial charge in [-0.3, -0.25) is 14.5 Å². The Morgan fingerprint density at radius 3 is 2.43 bits per heavy atom. The number of methoxy groups -OCH3 is 4. The zero-order valence-electron chi connectivity index (χ0n) is 29.3. The molecule has 7 fully saturated rings. The zero-order chi connectivity index (χ0) is 34.8. The van der Waals surface area contributed by atoms with Gasteiger partial charge in [-0.1, -0.05) is 26.0 Å². The van der Waals surface area contributed by atoms with Crippen LogP contribution in [0.15, 0.2) is 24.3 Å². The quantitative estimate of drug-likeness (QED) is 0.292. The van der Waals surface area contributed by atoms with Crippen molar-refractivity contribution in [2.75, 3.05) is 53.0 Å². The highest BCUT2D eigenvalue weighted by atomic mass is 16.5. The van der Waals surface area contributed by atoms with Gasteiger partial charge in [0.25, 0.3) is 0 Å². The fourth-order valence-corrected chi connectivity index (χ4v) is 13.2. The van der Waals surface area contributed by atoms with Gasteiger partial charge in [0.15, 0.2) is 0 Å². The molecule has 49 heavy (non-hydrogen) atoms. The number of carbonyl (C=O) groups is 3. The van der Waals surface area contributed by atoms with Crippen LogP contribution in [0.25, 0.3) is 0 Å². The minimum Gasteiger partial charge on any atom is -0.461 e. The topological polar surface area (TPSA) is 144 Å². The summed E-state index contributed by atoms with van der Waals surface area (Å²) in [5.41, 5.74) is -4.17. The number of fused-ring (bicyclic) bond motifs is 2. The van der Waals surface area contributed by atoms with E-state index in [0.717, 1.165) is 11.3 Å². The molecule has 7 aliphatic rings. The molecule has 5 saturated carbocycles. The third kappa shape index (κ3) is 3.86. The largest absolute Gasteiger partial charge is 0.461 e. The maximum atomic E-state index is 14.1. The van der Waals surface area contributed by atoms with Crippen molar-refractivity contribution in [3.8, 4) is 0 Å². The summed E-state index contributed by atoms with van der Waals surface area (Å²) in [6, 6.07) is 6.12. The molecule has 1 aromatic rings. The molecule has 2 heterocycles. The van der Waals surface area contributed by atoms with Crippen LogP contribution in [-0.4, -0.2) is 123 Å². The van der Waals surface area contributed by atoms with E-state index in [1.54, 1.807) is 59.6 Å². The number of hydrogen-bond acceptors (Lipinski definition) is 11. The van der Waals surface area contributed by atoms with Gasteiger partial charge in [-0.2, -0.15) is 0 Å². The smallest absolute Gasteiger partial charge is 0.340 e. The molecular formula is C37H50N2O10. The zero-order valence-corrected chi connectivity index (χ0v) is 29.3. The summed E-state index contributed by atoms with van der Waals surface area (Å²) in [4.78, 5) is 43.3. The molecule has 2 aliphatic heterocycles. The van der Waals surface area contributed by atoms with E-state index in [2.05, 4.69) is 11.8 Å². The highest BCUT2D eigenvalue weighted by Gasteiger charge is 2.91. The fraction of sp³-hybridized carbons (Fsp3) is 0.757. The number of hydrogen-bond donors (Lipinski definition) is 2. The summed E-state index contributed by atoms with van der Waals surface area (Å²) in [6.45, 7) is 4.95. The first kappa shape index (κ1) is 33.7. The number of rotatable bonds is 9. The van der Waals surface area contributed by atoms with Crippen molar-refractivity contribution in [2.24, 2.45) is 40.4 Å². The number of imide groups is 1. The number of likely N-dealkylation sites (tertiary alicyclic amines) is 1. The normalized spacial score (nSPS) is 48.0. The number of ether oxygens (including phenoxy) is 5. The number of para-hydroxylation sites is 1. The molecule has 12 heteroatoms. The molecule has 1 spiro atoms. The van der Waals surface area contributed by atoms with Crippen LogP contribution < -0.4 is 4.90 Å². The van der Waals surface area contributed by atoms with Crippen LogP contribution in [0.5, 0.6) is 0 Å². The third-order valence-corrected chi connectivity index (χ3v) is 14.5. The van der Waals surface area contributed by atoms with Crippen molar-refractivity contribution >= 4 is 23.5 Å². The maximum Gasteiger partial charge on any atom is 0.340 e. The molecule has 268 valence electrons. The van der Waals surface area contributed by atoms with Crippen LogP contribution >= 0.6 is 0 Å². The van der Waals surface area contributed by atoms with Gasteiger partial charge < -0.3 is 33.9 Å². The molecule has 2 amide bonds. The summed E-state index contributed by atoms with van der Waals surface area (Å²) in [7, 11) is 6.70. The summed E-state index contributed by atoms with van der Waals surface area (Å²) in [6.07, 6.45) is 0.813. The molecule has 7 bridgehead atoms. The van der Waals surface area contributed by atoms with Crippen LogP contribution in [0.4, 0.5) is 5.69 Å². The number of likely N-dealkylation sites (N-methyl/N-ethyl adjacent to an activating group) is 1. The lowest BCUT2D eigenvalue weighted by Gasteiger charge is -2.70. The molecule has 8 unspecified atom stereocenters. The minimum atomic E-state index is -1.70. The third-order valence-electron chi connectivity index (χ3n) is 14.5. The Morgan fingerprint density at radius 1 is 1.04 bits per heavy atom. The van der Waals surface area contributed by atoms with E-state index in [1.165, 1.54) is 0 Å². The van der Waals surface area contributed by atoms with Gasteiger partial charge in [0, 0.05) is 82.3 Å². The molecule has 0 radical (unpaired) electrons. The number of nitrogens with zero attached hydrogens (tertiary/aromatic N) is 2. The van der Waals surface area contributed by atoms with Crippen LogP contribution in [-0.2, 0) is 33.3 Å². The lowest BCUT2D eigenvalue weighted by molar-refractivity contribution is -0.320. The minimum absolute atomic E-state index is 0.0358. The standard InChI is InChI=1S/C37H50N2O10/c1-7-38-17-34(18-49-32(42)20-10-8-9-11-23(20)39-26(40)14-19(2)31(39)41)13-12-25(46-4)36-22-15-21-24(45-3)16-35(43,27(22)28(21)47-5)37(44,33(36)38)30(48-6)29(34)36/h8-11,19,21-22,24-25,27-30,33,43-44H,7,12-18H2,1-6H3/t19?,21-,22+,24?,25?,27+,28?,29+,30?,33?,34+,35-,36?,37?/m1/s1. The second kappa shape index (κ2) is 11.3. The van der Waals surface area contributed by atoms with Crippen LogP contribution in [0.1, 0.15) is 56.3 Å². The maximum absolute atomic E-state index is 14.1. The summed E-state index contributed by atoms with van der Waals surface area (Å²) < 4.78 is 31.4. The van der Waals surface area contributed by atoms with Crippen molar-refractivity contribution in [3.05, 3.63) is 29.8 Å². The van der Waals surface area contributed by atoms with Crippen LogP contribution in [0.2, 0.25) is 0 Å². The van der Waals surface area contributed by atoms with Gasteiger partial charge in [-0.25, -0.2) is 9.69 Å². The van der Waals surface area contributed by atoms with Crippen LogP contribution in [0, 0.1) is 40.4 Å². The summed E-state index contributed by atoms with van der Waals surface area (Å²) in [5.74, 6) is -2.47. The number of amides is 2. The Kier molecular flexibility index (Phi) is 7.75. The Balaban J connectivity index is 1.23. The molecule has 1 aromatic carbocycles. The second-order valence-corrected chi connectivity index (χ2v) is 16.0. The lowest BCUT2D eigenvalue weighted by atomic mass is 9.42. The van der Waals surface area contributed by atoms with Gasteiger partial charge in [0.1, 0.15) is 11.2 Å². The number of aliphatic hydroxyl groups is 2. The Morgan fingerprint density at radius 2 is 1.80 bits per heavy atom. The molecule has 14 atom stereocenters. The van der Waals surface area contributed by atoms with Gasteiger partial charge >= 0.3 is 5.97 Å².